The van der Waals surface area contributed by atoms with Gasteiger partial charge in [0.2, 0.25) is 5.91 Å². The van der Waals surface area contributed by atoms with Gasteiger partial charge in [-0.25, -0.2) is 4.98 Å². The van der Waals surface area contributed by atoms with E-state index in [-0.39, 0.29) is 30.2 Å². The highest BCUT2D eigenvalue weighted by molar-refractivity contribution is 8.01. The summed E-state index contributed by atoms with van der Waals surface area (Å²) in [6.07, 6.45) is 0. The van der Waals surface area contributed by atoms with Crippen LogP contribution >= 0.6 is 23.1 Å². The first-order valence-corrected chi connectivity index (χ1v) is 10.8. The summed E-state index contributed by atoms with van der Waals surface area (Å²) in [5.74, 6) is -0.231. The fourth-order valence-electron chi connectivity index (χ4n) is 2.31. The zero-order valence-electron chi connectivity index (χ0n) is 17.1. The van der Waals surface area contributed by atoms with Gasteiger partial charge >= 0.3 is 0 Å². The van der Waals surface area contributed by atoms with E-state index in [2.05, 4.69) is 15.6 Å². The summed E-state index contributed by atoms with van der Waals surface area (Å²) in [4.78, 5) is 39.6. The van der Waals surface area contributed by atoms with Crippen LogP contribution in [0.5, 0.6) is 11.5 Å². The number of anilines is 1. The Morgan fingerprint density at radius 3 is 2.63 bits per heavy atom. The van der Waals surface area contributed by atoms with Crippen molar-refractivity contribution in [3.05, 3.63) is 29.5 Å². The molecule has 0 radical (unpaired) electrons. The van der Waals surface area contributed by atoms with Crippen molar-refractivity contribution in [2.75, 3.05) is 24.8 Å². The standard InChI is InChI=1S/C19H24N4O5S2/c1-10(2)21-16(25)8-28-13-6-5-12(7-14(13)27-4)17(26)23-19-22-11(3)18(30-19)29-9-15(20)24/h5-7,10H,8-9H2,1-4H3,(H2,20,24)(H,21,25)(H,22,23,26). The summed E-state index contributed by atoms with van der Waals surface area (Å²) < 4.78 is 11.6. The third-order valence-electron chi connectivity index (χ3n) is 3.55. The lowest BCUT2D eigenvalue weighted by atomic mass is 10.2. The van der Waals surface area contributed by atoms with Crippen LogP contribution in [-0.2, 0) is 9.59 Å². The number of thiazole rings is 1. The van der Waals surface area contributed by atoms with Gasteiger partial charge < -0.3 is 20.5 Å². The molecular weight excluding hydrogens is 428 g/mol. The number of methoxy groups -OCH3 is 1. The van der Waals surface area contributed by atoms with Crippen LogP contribution in [0.1, 0.15) is 29.9 Å². The number of carbonyl (C=O) groups is 3. The number of thioether (sulfide) groups is 1. The fraction of sp³-hybridized carbons (Fsp3) is 0.368. The van der Waals surface area contributed by atoms with Crippen LogP contribution in [0.2, 0.25) is 0 Å². The lowest BCUT2D eigenvalue weighted by Crippen LogP contribution is -2.34. The number of nitrogens with zero attached hydrogens (tertiary/aromatic N) is 1. The van der Waals surface area contributed by atoms with Crippen LogP contribution in [0.3, 0.4) is 0 Å². The Bertz CT molecular complexity index is 930. The molecule has 2 rings (SSSR count). The summed E-state index contributed by atoms with van der Waals surface area (Å²) >= 11 is 2.54. The molecule has 3 amide bonds. The Morgan fingerprint density at radius 1 is 1.27 bits per heavy atom. The normalized spacial score (nSPS) is 10.6. The van der Waals surface area contributed by atoms with Gasteiger partial charge in [0.15, 0.2) is 23.2 Å². The first kappa shape index (κ1) is 23.5. The van der Waals surface area contributed by atoms with Gasteiger partial charge in [0.1, 0.15) is 0 Å². The van der Waals surface area contributed by atoms with E-state index >= 15 is 0 Å². The van der Waals surface area contributed by atoms with Gasteiger partial charge in [-0.1, -0.05) is 11.3 Å². The lowest BCUT2D eigenvalue weighted by Gasteiger charge is -2.13. The molecule has 0 spiro atoms. The van der Waals surface area contributed by atoms with Gasteiger partial charge in [0.05, 0.1) is 22.8 Å². The van der Waals surface area contributed by atoms with Crippen molar-refractivity contribution in [1.82, 2.24) is 10.3 Å². The van der Waals surface area contributed by atoms with Crippen LogP contribution in [0, 0.1) is 6.92 Å². The molecule has 0 atom stereocenters. The number of aromatic nitrogens is 1. The molecule has 2 aromatic rings. The smallest absolute Gasteiger partial charge is 0.258 e. The summed E-state index contributed by atoms with van der Waals surface area (Å²) in [7, 11) is 1.45. The highest BCUT2D eigenvalue weighted by atomic mass is 32.2. The van der Waals surface area contributed by atoms with Crippen LogP contribution in [0.4, 0.5) is 5.13 Å². The topological polar surface area (TPSA) is 133 Å². The number of aryl methyl sites for hydroxylation is 1. The first-order chi connectivity index (χ1) is 14.2. The average molecular weight is 453 g/mol. The molecule has 9 nitrogen and oxygen atoms in total. The molecule has 0 saturated heterocycles. The number of nitrogens with two attached hydrogens (primary N) is 1. The highest BCUT2D eigenvalue weighted by Gasteiger charge is 2.16. The number of hydrogen-bond donors (Lipinski definition) is 3. The van der Waals surface area contributed by atoms with Crippen molar-refractivity contribution in [3.8, 4) is 11.5 Å². The third kappa shape index (κ3) is 6.92. The molecule has 1 aromatic heterocycles. The quantitative estimate of drug-likeness (QED) is 0.471. The minimum Gasteiger partial charge on any atom is -0.493 e. The largest absolute Gasteiger partial charge is 0.493 e. The molecule has 0 fully saturated rings. The fourth-order valence-corrected chi connectivity index (χ4v) is 4.18. The number of amides is 3. The number of ether oxygens (including phenoxy) is 2. The molecule has 162 valence electrons. The third-order valence-corrected chi connectivity index (χ3v) is 6.01. The van der Waals surface area contributed by atoms with Crippen molar-refractivity contribution in [3.63, 3.8) is 0 Å². The molecule has 30 heavy (non-hydrogen) atoms. The Kier molecular flexibility index (Phi) is 8.48. The van der Waals surface area contributed by atoms with Crippen molar-refractivity contribution < 1.29 is 23.9 Å². The van der Waals surface area contributed by atoms with Crippen molar-refractivity contribution in [1.29, 1.82) is 0 Å². The second-order valence-corrected chi connectivity index (χ2v) is 8.72. The van der Waals surface area contributed by atoms with Crippen molar-refractivity contribution in [2.24, 2.45) is 5.73 Å². The number of benzene rings is 1. The van der Waals surface area contributed by atoms with E-state index in [9.17, 15) is 14.4 Å². The zero-order chi connectivity index (χ0) is 22.3. The van der Waals surface area contributed by atoms with Crippen LogP contribution in [0.15, 0.2) is 22.4 Å². The Hall–Kier alpha value is -2.79. The van der Waals surface area contributed by atoms with E-state index in [0.29, 0.717) is 27.9 Å². The summed E-state index contributed by atoms with van der Waals surface area (Å²) in [5.41, 5.74) is 6.21. The van der Waals surface area contributed by atoms with E-state index in [4.69, 9.17) is 15.2 Å². The predicted molar refractivity (Wildman–Crippen MR) is 116 cm³/mol. The van der Waals surface area contributed by atoms with Crippen LogP contribution < -0.4 is 25.8 Å². The number of hydrogen-bond acceptors (Lipinski definition) is 8. The van der Waals surface area contributed by atoms with Gasteiger partial charge in [-0.2, -0.15) is 0 Å². The molecule has 0 unspecified atom stereocenters. The van der Waals surface area contributed by atoms with Gasteiger partial charge in [-0.15, -0.1) is 11.8 Å². The molecule has 4 N–H and O–H groups in total. The van der Waals surface area contributed by atoms with Gasteiger partial charge in [0, 0.05) is 11.6 Å². The second-order valence-electron chi connectivity index (χ2n) is 6.48. The summed E-state index contributed by atoms with van der Waals surface area (Å²) in [6.45, 7) is 5.34. The van der Waals surface area contributed by atoms with Crippen molar-refractivity contribution >= 4 is 46.0 Å². The molecule has 0 saturated carbocycles. The Labute approximate surface area is 182 Å². The second kappa shape index (κ2) is 10.8. The minimum absolute atomic E-state index is 0.0123. The maximum Gasteiger partial charge on any atom is 0.258 e. The van der Waals surface area contributed by atoms with Crippen LogP contribution in [0.25, 0.3) is 0 Å². The highest BCUT2D eigenvalue weighted by Crippen LogP contribution is 2.33. The zero-order valence-corrected chi connectivity index (χ0v) is 18.7. The number of rotatable bonds is 10. The van der Waals surface area contributed by atoms with Crippen LogP contribution in [-0.4, -0.2) is 48.2 Å². The minimum atomic E-state index is -0.422. The maximum atomic E-state index is 12.6. The van der Waals surface area contributed by atoms with E-state index in [1.165, 1.54) is 36.3 Å². The average Bonchev–Trinajstić information content (AvgIpc) is 3.02. The van der Waals surface area contributed by atoms with Gasteiger partial charge in [0.25, 0.3) is 11.8 Å². The number of carbonyl (C=O) groups excluding carboxylic acids is 3. The SMILES string of the molecule is COc1cc(C(=O)Nc2nc(C)c(SCC(N)=O)s2)ccc1OCC(=O)NC(C)C. The molecular formula is C19H24N4O5S2. The lowest BCUT2D eigenvalue weighted by molar-refractivity contribution is -0.123. The van der Waals surface area contributed by atoms with Gasteiger partial charge in [-0.05, 0) is 39.0 Å². The Morgan fingerprint density at radius 2 is 2.00 bits per heavy atom. The molecule has 0 aliphatic carbocycles. The first-order valence-electron chi connectivity index (χ1n) is 8.99. The molecule has 0 aliphatic heterocycles. The van der Waals surface area contributed by atoms with E-state index < -0.39 is 5.91 Å². The number of nitrogens with one attached hydrogen (secondary N) is 2. The molecule has 0 bridgehead atoms. The number of primary amides is 1. The molecule has 1 heterocycles. The molecule has 1 aromatic carbocycles. The summed E-state index contributed by atoms with van der Waals surface area (Å²) in [6, 6.07) is 4.67. The van der Waals surface area contributed by atoms with Gasteiger partial charge in [-0.3, -0.25) is 19.7 Å². The van der Waals surface area contributed by atoms with E-state index in [1.807, 2.05) is 13.8 Å². The maximum absolute atomic E-state index is 12.6. The monoisotopic (exact) mass is 452 g/mol. The van der Waals surface area contributed by atoms with E-state index in [1.54, 1.807) is 19.1 Å². The Balaban J connectivity index is 2.05. The molecule has 11 heteroatoms. The van der Waals surface area contributed by atoms with Crippen molar-refractivity contribution in [2.45, 2.75) is 31.0 Å². The predicted octanol–water partition coefficient (Wildman–Crippen LogP) is 2.19. The summed E-state index contributed by atoms with van der Waals surface area (Å²) in [5, 5.41) is 5.87. The molecule has 0 aliphatic rings. The van der Waals surface area contributed by atoms with E-state index in [0.717, 1.165) is 4.21 Å².